The molecule has 0 fully saturated rings. The monoisotopic (exact) mass is 562 g/mol. The molecule has 2 aromatic carbocycles. The number of aromatic hydroxyl groups is 1. The van der Waals surface area contributed by atoms with Gasteiger partial charge in [0, 0.05) is 11.9 Å². The minimum absolute atomic E-state index is 0.0817. The summed E-state index contributed by atoms with van der Waals surface area (Å²) >= 11 is 2.41. The van der Waals surface area contributed by atoms with Gasteiger partial charge < -0.3 is 20.9 Å². The second-order valence-electron chi connectivity index (χ2n) is 8.50. The maximum Gasteiger partial charge on any atom is 0.281 e. The van der Waals surface area contributed by atoms with Gasteiger partial charge in [-0.2, -0.15) is 5.10 Å². The molecule has 0 unspecified atom stereocenters. The van der Waals surface area contributed by atoms with E-state index in [0.29, 0.717) is 32.5 Å². The highest BCUT2D eigenvalue weighted by Crippen LogP contribution is 2.39. The first-order valence-corrected chi connectivity index (χ1v) is 13.5. The number of benzene rings is 2. The van der Waals surface area contributed by atoms with Crippen molar-refractivity contribution in [3.63, 3.8) is 0 Å². The number of amides is 3. The number of hydrazone groups is 1. The standard InChI is InChI=1S/C28H26N4O5S2/c1-16(21-15-38-26(25(21)34)19-7-9-20(37-2)10-8-19)31-32-28(36)23-12-11-22(39-23)27(35)30-14-18-5-3-17(4-6-18)13-24(29)33/h3-12,15,34H,13-14H2,1-2H3,(H2,29,33)(H,30,35)(H,32,36)/b31-16+. The highest BCUT2D eigenvalue weighted by Gasteiger charge is 2.17. The van der Waals surface area contributed by atoms with Crippen LogP contribution in [0.15, 0.2) is 71.1 Å². The lowest BCUT2D eigenvalue weighted by molar-refractivity contribution is -0.117. The highest BCUT2D eigenvalue weighted by atomic mass is 32.1. The first kappa shape index (κ1) is 27.6. The van der Waals surface area contributed by atoms with E-state index in [1.54, 1.807) is 43.7 Å². The lowest BCUT2D eigenvalue weighted by Gasteiger charge is -2.05. The van der Waals surface area contributed by atoms with Gasteiger partial charge in [0.1, 0.15) is 11.5 Å². The van der Waals surface area contributed by atoms with Crippen molar-refractivity contribution in [2.24, 2.45) is 10.8 Å². The number of nitrogens with two attached hydrogens (primary N) is 1. The number of hydrogen-bond donors (Lipinski definition) is 4. The van der Waals surface area contributed by atoms with Gasteiger partial charge in [0.15, 0.2) is 0 Å². The molecular weight excluding hydrogens is 536 g/mol. The molecule has 0 saturated carbocycles. The molecule has 0 aliphatic rings. The number of hydrogen-bond acceptors (Lipinski definition) is 8. The molecule has 0 aliphatic carbocycles. The molecule has 39 heavy (non-hydrogen) atoms. The molecule has 9 nitrogen and oxygen atoms in total. The lowest BCUT2D eigenvalue weighted by Crippen LogP contribution is -2.22. The molecule has 0 bridgehead atoms. The van der Waals surface area contributed by atoms with Gasteiger partial charge in [-0.05, 0) is 60.0 Å². The average molecular weight is 563 g/mol. The van der Waals surface area contributed by atoms with Crippen molar-refractivity contribution in [2.45, 2.75) is 19.9 Å². The van der Waals surface area contributed by atoms with Crippen LogP contribution in [0, 0.1) is 0 Å². The number of methoxy groups -OCH3 is 1. The van der Waals surface area contributed by atoms with E-state index in [1.165, 1.54) is 11.3 Å². The van der Waals surface area contributed by atoms with Crippen LogP contribution in [0.5, 0.6) is 11.5 Å². The van der Waals surface area contributed by atoms with Crippen molar-refractivity contribution in [2.75, 3.05) is 7.11 Å². The molecule has 5 N–H and O–H groups in total. The van der Waals surface area contributed by atoms with Crippen LogP contribution in [0.1, 0.15) is 43.0 Å². The Hall–Kier alpha value is -4.48. The number of carbonyl (C=O) groups is 3. The summed E-state index contributed by atoms with van der Waals surface area (Å²) in [5.74, 6) is -0.378. The lowest BCUT2D eigenvalue weighted by atomic mass is 10.1. The first-order valence-electron chi connectivity index (χ1n) is 11.8. The van der Waals surface area contributed by atoms with Crippen LogP contribution < -0.4 is 21.2 Å². The summed E-state index contributed by atoms with van der Waals surface area (Å²) in [6, 6.07) is 17.7. The summed E-state index contributed by atoms with van der Waals surface area (Å²) in [6.07, 6.45) is 0.162. The van der Waals surface area contributed by atoms with Crippen molar-refractivity contribution < 1.29 is 24.2 Å². The molecule has 4 rings (SSSR count). The number of nitrogens with one attached hydrogen (secondary N) is 2. The Kier molecular flexibility index (Phi) is 8.74. The molecule has 3 amide bonds. The molecule has 2 aromatic heterocycles. The Labute approximate surface area is 233 Å². The predicted octanol–water partition coefficient (Wildman–Crippen LogP) is 4.30. The summed E-state index contributed by atoms with van der Waals surface area (Å²) in [7, 11) is 1.59. The van der Waals surface area contributed by atoms with Gasteiger partial charge in [0.25, 0.3) is 11.8 Å². The number of carbonyl (C=O) groups excluding carboxylic acids is 3. The molecular formula is C28H26N4O5S2. The third kappa shape index (κ3) is 6.89. The van der Waals surface area contributed by atoms with Gasteiger partial charge in [-0.25, -0.2) is 5.43 Å². The van der Waals surface area contributed by atoms with Crippen LogP contribution in [0.4, 0.5) is 0 Å². The summed E-state index contributed by atoms with van der Waals surface area (Å²) in [5, 5.41) is 19.5. The Morgan fingerprint density at radius 3 is 2.23 bits per heavy atom. The zero-order valence-corrected chi connectivity index (χ0v) is 22.8. The van der Waals surface area contributed by atoms with E-state index >= 15 is 0 Å². The molecule has 0 atom stereocenters. The van der Waals surface area contributed by atoms with Gasteiger partial charge in [0.05, 0.1) is 39.4 Å². The maximum atomic E-state index is 12.6. The van der Waals surface area contributed by atoms with Crippen LogP contribution in [0.2, 0.25) is 0 Å². The number of nitrogens with zero attached hydrogens (tertiary/aromatic N) is 1. The molecule has 0 spiro atoms. The topological polar surface area (TPSA) is 143 Å². The van der Waals surface area contributed by atoms with E-state index in [9.17, 15) is 19.5 Å². The molecule has 200 valence electrons. The van der Waals surface area contributed by atoms with Crippen molar-refractivity contribution in [3.05, 3.63) is 92.5 Å². The van der Waals surface area contributed by atoms with E-state index < -0.39 is 11.8 Å². The Morgan fingerprint density at radius 2 is 1.59 bits per heavy atom. The van der Waals surface area contributed by atoms with Crippen LogP contribution in [-0.2, 0) is 17.8 Å². The summed E-state index contributed by atoms with van der Waals surface area (Å²) in [6.45, 7) is 1.98. The van der Waals surface area contributed by atoms with E-state index in [1.807, 2.05) is 36.4 Å². The third-order valence-corrected chi connectivity index (χ3v) is 7.84. The summed E-state index contributed by atoms with van der Waals surface area (Å²) in [5.41, 5.74) is 11.1. The molecule has 4 aromatic rings. The molecule has 0 saturated heterocycles. The van der Waals surface area contributed by atoms with Crippen molar-refractivity contribution in [1.29, 1.82) is 0 Å². The quantitative estimate of drug-likeness (QED) is 0.168. The Bertz CT molecular complexity index is 1520. The number of ether oxygens (including phenoxy) is 1. The Balaban J connectivity index is 1.34. The first-order chi connectivity index (χ1) is 18.7. The van der Waals surface area contributed by atoms with Crippen LogP contribution in [-0.4, -0.2) is 35.6 Å². The van der Waals surface area contributed by atoms with Gasteiger partial charge in [0.2, 0.25) is 5.91 Å². The largest absolute Gasteiger partial charge is 0.506 e. The SMILES string of the molecule is COc1ccc(-c2scc(/C(C)=N/NC(=O)c3ccc(C(=O)NCc4ccc(CC(N)=O)cc4)s3)c2O)cc1. The third-order valence-electron chi connectivity index (χ3n) is 5.74. The molecule has 2 heterocycles. The second-order valence-corrected chi connectivity index (χ2v) is 10.5. The van der Waals surface area contributed by atoms with Crippen LogP contribution in [0.3, 0.4) is 0 Å². The number of primary amides is 1. The average Bonchev–Trinajstić information content (AvgIpc) is 3.58. The minimum atomic E-state index is -0.464. The maximum absolute atomic E-state index is 12.6. The van der Waals surface area contributed by atoms with Gasteiger partial charge >= 0.3 is 0 Å². The van der Waals surface area contributed by atoms with E-state index in [-0.39, 0.29) is 18.1 Å². The van der Waals surface area contributed by atoms with Crippen molar-refractivity contribution >= 4 is 46.1 Å². The molecule has 11 heteroatoms. The Morgan fingerprint density at radius 1 is 0.949 bits per heavy atom. The van der Waals surface area contributed by atoms with Gasteiger partial charge in [-0.15, -0.1) is 22.7 Å². The highest BCUT2D eigenvalue weighted by molar-refractivity contribution is 7.16. The van der Waals surface area contributed by atoms with E-state index in [2.05, 4.69) is 15.8 Å². The van der Waals surface area contributed by atoms with Crippen molar-refractivity contribution in [1.82, 2.24) is 10.7 Å². The van der Waals surface area contributed by atoms with Crippen LogP contribution in [0.25, 0.3) is 10.4 Å². The zero-order chi connectivity index (χ0) is 27.9. The van der Waals surface area contributed by atoms with E-state index in [4.69, 9.17) is 10.5 Å². The van der Waals surface area contributed by atoms with Crippen LogP contribution >= 0.6 is 22.7 Å². The van der Waals surface area contributed by atoms with Gasteiger partial charge in [-0.3, -0.25) is 14.4 Å². The number of thiophene rings is 2. The fraction of sp³-hybridized carbons (Fsp3) is 0.143. The summed E-state index contributed by atoms with van der Waals surface area (Å²) < 4.78 is 5.18. The van der Waals surface area contributed by atoms with Gasteiger partial charge in [-0.1, -0.05) is 24.3 Å². The predicted molar refractivity (Wildman–Crippen MR) is 152 cm³/mol. The second kappa shape index (κ2) is 12.4. The summed E-state index contributed by atoms with van der Waals surface area (Å²) in [4.78, 5) is 37.6. The fourth-order valence-corrected chi connectivity index (χ4v) is 5.46. The normalized spacial score (nSPS) is 11.2. The smallest absolute Gasteiger partial charge is 0.281 e. The van der Waals surface area contributed by atoms with E-state index in [0.717, 1.165) is 33.8 Å². The van der Waals surface area contributed by atoms with Crippen molar-refractivity contribution in [3.8, 4) is 21.9 Å². The molecule has 0 radical (unpaired) electrons. The number of rotatable bonds is 10. The molecule has 0 aliphatic heterocycles. The fourth-order valence-electron chi connectivity index (χ4n) is 3.63. The zero-order valence-electron chi connectivity index (χ0n) is 21.2. The minimum Gasteiger partial charge on any atom is -0.506 e.